The highest BCUT2D eigenvalue weighted by Crippen LogP contribution is 2.40. The first-order chi connectivity index (χ1) is 10.9. The van der Waals surface area contributed by atoms with Gasteiger partial charge in [0.15, 0.2) is 0 Å². The molecule has 0 atom stereocenters. The standard InChI is InChI=1S/C8Cl4N2.C6H6O.CH2O/c9-5-3(1-13)6(10)8(12)7(11)4(5)2-14;7-6-4-2-1-3-5-6;1-2/h;1-5,7H;1H2. The van der Waals surface area contributed by atoms with Crippen LogP contribution in [0.4, 0.5) is 0 Å². The van der Waals surface area contributed by atoms with Crippen LogP contribution in [0.1, 0.15) is 11.1 Å². The molecule has 2 rings (SSSR count). The van der Waals surface area contributed by atoms with Gasteiger partial charge in [0.1, 0.15) is 24.7 Å². The maximum atomic E-state index is 8.70. The first-order valence-electron chi connectivity index (χ1n) is 5.63. The number of phenolic OH excluding ortho intramolecular Hbond substituents is 1. The average Bonchev–Trinajstić information content (AvgIpc) is 2.57. The van der Waals surface area contributed by atoms with Gasteiger partial charge in [-0.15, -0.1) is 0 Å². The van der Waals surface area contributed by atoms with Crippen molar-refractivity contribution in [2.24, 2.45) is 0 Å². The van der Waals surface area contributed by atoms with Crippen LogP contribution in [0, 0.1) is 22.7 Å². The van der Waals surface area contributed by atoms with Crippen molar-refractivity contribution in [2.75, 3.05) is 0 Å². The van der Waals surface area contributed by atoms with Crippen molar-refractivity contribution in [3.63, 3.8) is 0 Å². The van der Waals surface area contributed by atoms with E-state index < -0.39 is 0 Å². The van der Waals surface area contributed by atoms with Crippen LogP contribution in [-0.2, 0) is 4.79 Å². The van der Waals surface area contributed by atoms with E-state index in [0.29, 0.717) is 5.75 Å². The number of benzene rings is 2. The van der Waals surface area contributed by atoms with Crippen LogP contribution in [-0.4, -0.2) is 11.9 Å². The second kappa shape index (κ2) is 10.7. The maximum absolute atomic E-state index is 8.70. The van der Waals surface area contributed by atoms with Gasteiger partial charge in [-0.25, -0.2) is 0 Å². The molecule has 0 unspecified atom stereocenters. The van der Waals surface area contributed by atoms with Gasteiger partial charge < -0.3 is 9.90 Å². The fraction of sp³-hybridized carbons (Fsp3) is 0. The maximum Gasteiger partial charge on any atom is 0.115 e. The van der Waals surface area contributed by atoms with Gasteiger partial charge in [-0.3, -0.25) is 0 Å². The van der Waals surface area contributed by atoms with E-state index in [4.69, 9.17) is 66.8 Å². The van der Waals surface area contributed by atoms with Crippen molar-refractivity contribution < 1.29 is 9.90 Å². The summed E-state index contributed by atoms with van der Waals surface area (Å²) in [5.74, 6) is 0.322. The van der Waals surface area contributed by atoms with Crippen molar-refractivity contribution in [2.45, 2.75) is 0 Å². The molecular weight excluding hydrogens is 382 g/mol. The summed E-state index contributed by atoms with van der Waals surface area (Å²) in [4.78, 5) is 8.00. The number of rotatable bonds is 0. The first-order valence-corrected chi connectivity index (χ1v) is 7.14. The van der Waals surface area contributed by atoms with Crippen LogP contribution < -0.4 is 0 Å². The molecular formula is C15H8Cl4N2O2. The molecule has 0 saturated carbocycles. The van der Waals surface area contributed by atoms with Gasteiger partial charge in [-0.05, 0) is 12.1 Å². The molecule has 118 valence electrons. The third kappa shape index (κ3) is 5.63. The van der Waals surface area contributed by atoms with Crippen molar-refractivity contribution in [3.05, 3.63) is 61.5 Å². The summed E-state index contributed by atoms with van der Waals surface area (Å²) in [6.07, 6.45) is 0. The van der Waals surface area contributed by atoms with Crippen molar-refractivity contribution in [1.29, 1.82) is 10.5 Å². The van der Waals surface area contributed by atoms with Gasteiger partial charge in [0.05, 0.1) is 31.2 Å². The fourth-order valence-electron chi connectivity index (χ4n) is 1.26. The zero-order valence-corrected chi connectivity index (χ0v) is 14.4. The smallest absolute Gasteiger partial charge is 0.115 e. The Morgan fingerprint density at radius 3 is 1.43 bits per heavy atom. The number of hydrogen-bond donors (Lipinski definition) is 1. The molecule has 2 aromatic carbocycles. The van der Waals surface area contributed by atoms with E-state index in [9.17, 15) is 0 Å². The van der Waals surface area contributed by atoms with Crippen molar-refractivity contribution in [1.82, 2.24) is 0 Å². The molecule has 2 aromatic rings. The Morgan fingerprint density at radius 1 is 0.783 bits per heavy atom. The molecule has 23 heavy (non-hydrogen) atoms. The highest BCUT2D eigenvalue weighted by Gasteiger charge is 2.19. The quantitative estimate of drug-likeness (QED) is 0.492. The van der Waals surface area contributed by atoms with Gasteiger partial charge in [0.2, 0.25) is 0 Å². The van der Waals surface area contributed by atoms with E-state index in [1.165, 1.54) is 0 Å². The Labute approximate surface area is 153 Å². The van der Waals surface area contributed by atoms with Crippen LogP contribution in [0.5, 0.6) is 5.75 Å². The average molecular weight is 390 g/mol. The molecule has 0 bridgehead atoms. The van der Waals surface area contributed by atoms with Crippen LogP contribution in [0.25, 0.3) is 0 Å². The molecule has 0 saturated heterocycles. The Bertz CT molecular complexity index is 712. The Kier molecular flexibility index (Phi) is 9.81. The van der Waals surface area contributed by atoms with E-state index in [1.54, 1.807) is 36.4 Å². The normalized spacial score (nSPS) is 8.43. The summed E-state index contributed by atoms with van der Waals surface area (Å²) in [6, 6.07) is 12.2. The zero-order valence-electron chi connectivity index (χ0n) is 11.4. The molecule has 1 N–H and O–H groups in total. The molecule has 0 heterocycles. The lowest BCUT2D eigenvalue weighted by molar-refractivity contribution is -0.0979. The minimum atomic E-state index is -0.0746. The topological polar surface area (TPSA) is 84.9 Å². The summed E-state index contributed by atoms with van der Waals surface area (Å²) in [7, 11) is 0. The molecule has 0 radical (unpaired) electrons. The third-order valence-corrected chi connectivity index (χ3v) is 3.95. The molecule has 0 spiro atoms. The van der Waals surface area contributed by atoms with Gasteiger partial charge in [0.25, 0.3) is 0 Å². The predicted octanol–water partition coefficient (Wildman–Crippen LogP) is 5.25. The van der Waals surface area contributed by atoms with Crippen LogP contribution in [0.15, 0.2) is 30.3 Å². The number of carbonyl (C=O) groups excluding carboxylic acids is 1. The molecule has 0 aliphatic heterocycles. The largest absolute Gasteiger partial charge is 0.508 e. The van der Waals surface area contributed by atoms with Crippen LogP contribution in [0.2, 0.25) is 20.1 Å². The number of para-hydroxylation sites is 1. The van der Waals surface area contributed by atoms with Gasteiger partial charge >= 0.3 is 0 Å². The third-order valence-electron chi connectivity index (χ3n) is 2.24. The number of hydrogen-bond acceptors (Lipinski definition) is 4. The summed E-state index contributed by atoms with van der Waals surface area (Å²) < 4.78 is 0. The summed E-state index contributed by atoms with van der Waals surface area (Å²) >= 11 is 22.8. The monoisotopic (exact) mass is 388 g/mol. The van der Waals surface area contributed by atoms with E-state index in [2.05, 4.69) is 0 Å². The fourth-order valence-corrected chi connectivity index (χ4v) is 2.33. The molecule has 0 aromatic heterocycles. The van der Waals surface area contributed by atoms with Gasteiger partial charge in [-0.2, -0.15) is 10.5 Å². The predicted molar refractivity (Wildman–Crippen MR) is 91.1 cm³/mol. The first kappa shape index (κ1) is 21.0. The lowest BCUT2D eigenvalue weighted by Crippen LogP contribution is -1.89. The summed E-state index contributed by atoms with van der Waals surface area (Å²) in [6.45, 7) is 2.00. The Balaban J connectivity index is 0.000000449. The van der Waals surface area contributed by atoms with Crippen LogP contribution in [0.3, 0.4) is 0 Å². The number of halogens is 4. The molecule has 0 amide bonds. The summed E-state index contributed by atoms with van der Waals surface area (Å²) in [5, 5.41) is 25.9. The highest BCUT2D eigenvalue weighted by molar-refractivity contribution is 6.50. The lowest BCUT2D eigenvalue weighted by atomic mass is 10.1. The molecule has 0 aliphatic rings. The second-order valence-corrected chi connectivity index (χ2v) is 5.08. The Hall–Kier alpha value is -1.95. The number of phenols is 1. The van der Waals surface area contributed by atoms with E-state index in [1.807, 2.05) is 12.9 Å². The lowest BCUT2D eigenvalue weighted by Gasteiger charge is -2.05. The Morgan fingerprint density at radius 2 is 1.17 bits per heavy atom. The molecule has 0 fully saturated rings. The van der Waals surface area contributed by atoms with Crippen molar-refractivity contribution >= 4 is 53.2 Å². The minimum absolute atomic E-state index is 0.0363. The molecule has 0 aliphatic carbocycles. The second-order valence-electron chi connectivity index (χ2n) is 3.57. The molecule has 8 heteroatoms. The zero-order chi connectivity index (χ0) is 18.0. The number of carbonyl (C=O) groups is 1. The summed E-state index contributed by atoms with van der Waals surface area (Å²) in [5.41, 5.74) is -0.0847. The number of nitriles is 2. The minimum Gasteiger partial charge on any atom is -0.508 e. The highest BCUT2D eigenvalue weighted by atomic mass is 35.5. The van der Waals surface area contributed by atoms with E-state index in [0.717, 1.165) is 0 Å². The number of aromatic hydroxyl groups is 1. The van der Waals surface area contributed by atoms with Gasteiger partial charge in [-0.1, -0.05) is 64.6 Å². The van der Waals surface area contributed by atoms with Crippen molar-refractivity contribution in [3.8, 4) is 17.9 Å². The van der Waals surface area contributed by atoms with E-state index >= 15 is 0 Å². The number of nitrogens with zero attached hydrogens (tertiary/aromatic N) is 2. The molecule has 4 nitrogen and oxygen atoms in total. The van der Waals surface area contributed by atoms with Gasteiger partial charge in [0, 0.05) is 0 Å². The SMILES string of the molecule is C=O.N#Cc1c(Cl)c(Cl)c(Cl)c(C#N)c1Cl.Oc1ccccc1. The van der Waals surface area contributed by atoms with E-state index in [-0.39, 0.29) is 31.2 Å². The van der Waals surface area contributed by atoms with Crippen LogP contribution >= 0.6 is 46.4 Å².